The van der Waals surface area contributed by atoms with Gasteiger partial charge in [-0.25, -0.2) is 0 Å². The number of thioether (sulfide) groups is 1. The summed E-state index contributed by atoms with van der Waals surface area (Å²) in [7, 11) is 1.80. The molecule has 0 N–H and O–H groups in total. The third-order valence-corrected chi connectivity index (χ3v) is 6.53. The van der Waals surface area contributed by atoms with E-state index in [1.807, 2.05) is 47.8 Å². The molecule has 0 aliphatic carbocycles. The van der Waals surface area contributed by atoms with Gasteiger partial charge in [0.2, 0.25) is 5.91 Å². The summed E-state index contributed by atoms with van der Waals surface area (Å²) in [5, 5.41) is 11.6. The fourth-order valence-electron chi connectivity index (χ4n) is 3.16. The minimum atomic E-state index is 0.0283. The molecule has 0 saturated carbocycles. The van der Waals surface area contributed by atoms with Gasteiger partial charge in [0.15, 0.2) is 11.0 Å². The number of thiophene rings is 1. The van der Waals surface area contributed by atoms with Crippen LogP contribution < -0.4 is 4.90 Å². The van der Waals surface area contributed by atoms with E-state index in [0.717, 1.165) is 41.0 Å². The Morgan fingerprint density at radius 2 is 2.14 bits per heavy atom. The molecule has 1 atom stereocenters. The highest BCUT2D eigenvalue weighted by atomic mass is 32.2. The number of para-hydroxylation sites is 1. The second kappa shape index (κ2) is 8.89. The van der Waals surface area contributed by atoms with E-state index in [4.69, 9.17) is 4.74 Å². The van der Waals surface area contributed by atoms with Gasteiger partial charge in [-0.2, -0.15) is 0 Å². The average Bonchev–Trinajstić information content (AvgIpc) is 3.49. The van der Waals surface area contributed by atoms with Crippen LogP contribution in [0.5, 0.6) is 0 Å². The maximum absolute atomic E-state index is 12.6. The normalized spacial score (nSPS) is 16.4. The maximum Gasteiger partial charge on any atom is 0.237 e. The average molecular weight is 415 g/mol. The number of ether oxygens (including phenoxy) is 1. The zero-order valence-corrected chi connectivity index (χ0v) is 17.3. The molecule has 146 valence electrons. The first-order valence-electron chi connectivity index (χ1n) is 9.25. The number of hydrogen-bond donors (Lipinski definition) is 0. The van der Waals surface area contributed by atoms with Crippen LogP contribution in [0.1, 0.15) is 12.8 Å². The Labute approximate surface area is 172 Å². The number of aromatic nitrogens is 3. The quantitative estimate of drug-likeness (QED) is 0.548. The van der Waals surface area contributed by atoms with Gasteiger partial charge in [0.25, 0.3) is 0 Å². The van der Waals surface area contributed by atoms with Crippen molar-refractivity contribution in [3.05, 3.63) is 47.8 Å². The summed E-state index contributed by atoms with van der Waals surface area (Å²) >= 11 is 3.07. The van der Waals surface area contributed by atoms with Gasteiger partial charge < -0.3 is 9.64 Å². The van der Waals surface area contributed by atoms with Crippen molar-refractivity contribution in [3.63, 3.8) is 0 Å². The minimum absolute atomic E-state index is 0.0283. The van der Waals surface area contributed by atoms with E-state index in [1.54, 1.807) is 23.3 Å². The molecule has 8 heteroatoms. The molecule has 3 aromatic rings. The lowest BCUT2D eigenvalue weighted by atomic mass is 10.2. The first kappa shape index (κ1) is 19.2. The molecule has 4 rings (SSSR count). The van der Waals surface area contributed by atoms with Gasteiger partial charge >= 0.3 is 0 Å². The Morgan fingerprint density at radius 3 is 2.86 bits per heavy atom. The summed E-state index contributed by atoms with van der Waals surface area (Å²) < 4.78 is 7.92. The fourth-order valence-corrected chi connectivity index (χ4v) is 4.74. The molecule has 6 nitrogen and oxygen atoms in total. The van der Waals surface area contributed by atoms with Crippen molar-refractivity contribution in [3.8, 4) is 10.7 Å². The van der Waals surface area contributed by atoms with E-state index >= 15 is 0 Å². The smallest absolute Gasteiger partial charge is 0.237 e. The largest absolute Gasteiger partial charge is 0.376 e. The van der Waals surface area contributed by atoms with Crippen molar-refractivity contribution in [2.24, 2.45) is 0 Å². The van der Waals surface area contributed by atoms with Crippen molar-refractivity contribution in [2.45, 2.75) is 30.6 Å². The van der Waals surface area contributed by atoms with Crippen LogP contribution in [0.15, 0.2) is 53.0 Å². The number of carbonyl (C=O) groups is 1. The molecule has 0 radical (unpaired) electrons. The predicted molar refractivity (Wildman–Crippen MR) is 113 cm³/mol. The highest BCUT2D eigenvalue weighted by molar-refractivity contribution is 7.99. The third kappa shape index (κ3) is 4.29. The van der Waals surface area contributed by atoms with Gasteiger partial charge in [0.1, 0.15) is 0 Å². The molecule has 1 amide bonds. The van der Waals surface area contributed by atoms with Crippen LogP contribution in [0.3, 0.4) is 0 Å². The zero-order chi connectivity index (χ0) is 19.3. The van der Waals surface area contributed by atoms with Gasteiger partial charge in [-0.3, -0.25) is 9.36 Å². The zero-order valence-electron chi connectivity index (χ0n) is 15.7. The molecule has 1 saturated heterocycles. The molecule has 1 aliphatic heterocycles. The second-order valence-corrected chi connectivity index (χ2v) is 8.50. The van der Waals surface area contributed by atoms with Gasteiger partial charge in [0, 0.05) is 19.3 Å². The molecule has 1 fully saturated rings. The predicted octanol–water partition coefficient (Wildman–Crippen LogP) is 3.94. The lowest BCUT2D eigenvalue weighted by Gasteiger charge is -2.17. The number of rotatable bonds is 7. The van der Waals surface area contributed by atoms with E-state index in [0.29, 0.717) is 12.3 Å². The van der Waals surface area contributed by atoms with Crippen LogP contribution in [0, 0.1) is 0 Å². The molecule has 3 heterocycles. The number of benzene rings is 1. The number of nitrogens with zero attached hydrogens (tertiary/aromatic N) is 4. The number of amides is 1. The Balaban J connectivity index is 1.50. The highest BCUT2D eigenvalue weighted by Crippen LogP contribution is 2.29. The molecular formula is C20H22N4O2S2. The summed E-state index contributed by atoms with van der Waals surface area (Å²) in [6.07, 6.45) is 2.31. The van der Waals surface area contributed by atoms with Crippen molar-refractivity contribution >= 4 is 34.7 Å². The van der Waals surface area contributed by atoms with E-state index in [9.17, 15) is 4.79 Å². The van der Waals surface area contributed by atoms with Gasteiger partial charge in [-0.15, -0.1) is 21.5 Å². The minimum Gasteiger partial charge on any atom is -0.376 e. The number of carbonyl (C=O) groups excluding carboxylic acids is 1. The molecule has 0 spiro atoms. The fraction of sp³-hybridized carbons (Fsp3) is 0.350. The van der Waals surface area contributed by atoms with Gasteiger partial charge in [-0.1, -0.05) is 36.0 Å². The Bertz CT molecular complexity index is 906. The summed E-state index contributed by atoms with van der Waals surface area (Å²) in [6.45, 7) is 1.52. The van der Waals surface area contributed by atoms with E-state index in [-0.39, 0.29) is 12.0 Å². The summed E-state index contributed by atoms with van der Waals surface area (Å²) in [6, 6.07) is 13.7. The summed E-state index contributed by atoms with van der Waals surface area (Å²) in [5.41, 5.74) is 0.883. The molecule has 28 heavy (non-hydrogen) atoms. The molecule has 0 bridgehead atoms. The summed E-state index contributed by atoms with van der Waals surface area (Å²) in [4.78, 5) is 15.4. The molecular weight excluding hydrogens is 392 g/mol. The molecule has 1 aliphatic rings. The Morgan fingerprint density at radius 1 is 1.29 bits per heavy atom. The Hall–Kier alpha value is -2.16. The van der Waals surface area contributed by atoms with Crippen LogP contribution in [-0.4, -0.2) is 46.2 Å². The van der Waals surface area contributed by atoms with Crippen molar-refractivity contribution in [2.75, 3.05) is 24.3 Å². The van der Waals surface area contributed by atoms with Crippen LogP contribution >= 0.6 is 23.1 Å². The number of hydrogen-bond acceptors (Lipinski definition) is 6. The maximum atomic E-state index is 12.6. The van der Waals surface area contributed by atoms with E-state index in [1.165, 1.54) is 11.8 Å². The van der Waals surface area contributed by atoms with Gasteiger partial charge in [0.05, 0.1) is 23.3 Å². The Kier molecular flexibility index (Phi) is 6.09. The van der Waals surface area contributed by atoms with E-state index < -0.39 is 0 Å². The van der Waals surface area contributed by atoms with Gasteiger partial charge in [-0.05, 0) is 36.4 Å². The third-order valence-electron chi connectivity index (χ3n) is 4.71. The number of anilines is 1. The topological polar surface area (TPSA) is 60.2 Å². The first-order chi connectivity index (χ1) is 13.7. The highest BCUT2D eigenvalue weighted by Gasteiger charge is 2.23. The van der Waals surface area contributed by atoms with Crippen molar-refractivity contribution in [1.29, 1.82) is 0 Å². The molecule has 1 aromatic carbocycles. The second-order valence-electron chi connectivity index (χ2n) is 6.61. The SMILES string of the molecule is CN(C(=O)CSc1nnc(-c2cccs2)n1C[C@@H]1CCCO1)c1ccccc1. The van der Waals surface area contributed by atoms with E-state index in [2.05, 4.69) is 14.8 Å². The monoisotopic (exact) mass is 414 g/mol. The van der Waals surface area contributed by atoms with Crippen LogP contribution in [0.25, 0.3) is 10.7 Å². The van der Waals surface area contributed by atoms with Crippen LogP contribution in [0.2, 0.25) is 0 Å². The standard InChI is InChI=1S/C20H22N4O2S2/c1-23(15-7-3-2-4-8-15)18(25)14-28-20-22-21-19(17-10-6-12-27-17)24(20)13-16-9-5-11-26-16/h2-4,6-8,10,12,16H,5,9,11,13-14H2,1H3/t16-/m0/s1. The summed E-state index contributed by atoms with van der Waals surface area (Å²) in [5.74, 6) is 1.18. The molecule has 0 unspecified atom stereocenters. The van der Waals surface area contributed by atoms with Crippen LogP contribution in [-0.2, 0) is 16.1 Å². The first-order valence-corrected chi connectivity index (χ1v) is 11.1. The molecule has 2 aromatic heterocycles. The van der Waals surface area contributed by atoms with Crippen LogP contribution in [0.4, 0.5) is 5.69 Å². The lowest BCUT2D eigenvalue weighted by molar-refractivity contribution is -0.115. The van der Waals surface area contributed by atoms with Crippen molar-refractivity contribution < 1.29 is 9.53 Å². The van der Waals surface area contributed by atoms with Crippen molar-refractivity contribution in [1.82, 2.24) is 14.8 Å². The lowest BCUT2D eigenvalue weighted by Crippen LogP contribution is -2.28.